The largest absolute Gasteiger partial charge is 0.463 e. The van der Waals surface area contributed by atoms with Crippen LogP contribution in [0, 0.1) is 6.92 Å². The van der Waals surface area contributed by atoms with Crippen LogP contribution in [0.5, 0.6) is 0 Å². The average Bonchev–Trinajstić information content (AvgIpc) is 3.05. The van der Waals surface area contributed by atoms with Crippen molar-refractivity contribution >= 4 is 11.6 Å². The number of aromatic nitrogens is 2. The zero-order chi connectivity index (χ0) is 14.5. The van der Waals surface area contributed by atoms with Crippen molar-refractivity contribution in [2.75, 3.05) is 0 Å². The lowest BCUT2D eigenvalue weighted by atomic mass is 10.1. The minimum absolute atomic E-state index is 0.189. The van der Waals surface area contributed by atoms with E-state index in [9.17, 15) is 9.59 Å². The van der Waals surface area contributed by atoms with Crippen LogP contribution in [-0.4, -0.2) is 21.8 Å². The molecule has 0 aliphatic heterocycles. The molecule has 7 heteroatoms. The second-order valence-corrected chi connectivity index (χ2v) is 4.39. The van der Waals surface area contributed by atoms with Gasteiger partial charge in [0.1, 0.15) is 11.5 Å². The Morgan fingerprint density at radius 1 is 1.45 bits per heavy atom. The Hall–Kier alpha value is -2.57. The first-order valence-corrected chi connectivity index (χ1v) is 6.21. The summed E-state index contributed by atoms with van der Waals surface area (Å²) in [4.78, 5) is 23.1. The number of H-pyrrole nitrogens is 2. The van der Waals surface area contributed by atoms with Gasteiger partial charge in [0.2, 0.25) is 5.91 Å². The molecule has 3 N–H and O–H groups in total. The lowest BCUT2D eigenvalue weighted by Crippen LogP contribution is -2.20. The van der Waals surface area contributed by atoms with E-state index in [1.807, 2.05) is 0 Å². The van der Waals surface area contributed by atoms with E-state index >= 15 is 0 Å². The SMILES string of the molecule is C/C(=N\NC(=O)CCc1c(C)[nH][nH]c1=O)c1ccco1. The van der Waals surface area contributed by atoms with Crippen LogP contribution in [0.2, 0.25) is 0 Å². The van der Waals surface area contributed by atoms with Gasteiger partial charge in [-0.2, -0.15) is 5.10 Å². The van der Waals surface area contributed by atoms with Crippen molar-refractivity contribution in [3.63, 3.8) is 0 Å². The van der Waals surface area contributed by atoms with Gasteiger partial charge in [-0.15, -0.1) is 0 Å². The predicted octanol–water partition coefficient (Wildman–Crippen LogP) is 1.08. The third-order valence-corrected chi connectivity index (χ3v) is 2.92. The minimum atomic E-state index is -0.254. The highest BCUT2D eigenvalue weighted by atomic mass is 16.3. The summed E-state index contributed by atoms with van der Waals surface area (Å²) in [5.41, 5.74) is 4.17. The summed E-state index contributed by atoms with van der Waals surface area (Å²) < 4.78 is 5.15. The van der Waals surface area contributed by atoms with Crippen molar-refractivity contribution in [1.29, 1.82) is 0 Å². The summed E-state index contributed by atoms with van der Waals surface area (Å²) in [5, 5.41) is 9.14. The highest BCUT2D eigenvalue weighted by Gasteiger charge is 2.09. The van der Waals surface area contributed by atoms with Crippen molar-refractivity contribution in [3.05, 3.63) is 45.8 Å². The van der Waals surface area contributed by atoms with Crippen molar-refractivity contribution < 1.29 is 9.21 Å². The zero-order valence-electron chi connectivity index (χ0n) is 11.3. The fraction of sp³-hybridized carbons (Fsp3) is 0.308. The molecular weight excluding hydrogens is 260 g/mol. The van der Waals surface area contributed by atoms with E-state index in [-0.39, 0.29) is 17.9 Å². The summed E-state index contributed by atoms with van der Waals surface area (Å²) in [6, 6.07) is 3.50. The smallest absolute Gasteiger partial charge is 0.267 e. The molecule has 0 aliphatic carbocycles. The Kier molecular flexibility index (Phi) is 4.19. The van der Waals surface area contributed by atoms with E-state index in [4.69, 9.17) is 4.42 Å². The van der Waals surface area contributed by atoms with Crippen molar-refractivity contribution in [2.45, 2.75) is 26.7 Å². The number of hydrogen-bond acceptors (Lipinski definition) is 4. The molecule has 7 nitrogen and oxygen atoms in total. The van der Waals surface area contributed by atoms with Crippen LogP contribution in [0.3, 0.4) is 0 Å². The maximum atomic E-state index is 11.7. The number of amides is 1. The molecule has 0 bridgehead atoms. The molecule has 0 aliphatic rings. The molecule has 2 aromatic heterocycles. The number of nitrogens with one attached hydrogen (secondary N) is 3. The third kappa shape index (κ3) is 3.25. The highest BCUT2D eigenvalue weighted by Crippen LogP contribution is 2.02. The number of aryl methyl sites for hydroxylation is 1. The van der Waals surface area contributed by atoms with Crippen LogP contribution >= 0.6 is 0 Å². The van der Waals surface area contributed by atoms with Crippen molar-refractivity contribution in [1.82, 2.24) is 15.6 Å². The van der Waals surface area contributed by atoms with Gasteiger partial charge in [0.05, 0.1) is 6.26 Å². The van der Waals surface area contributed by atoms with E-state index in [2.05, 4.69) is 20.7 Å². The summed E-state index contributed by atoms with van der Waals surface area (Å²) in [7, 11) is 0. The van der Waals surface area contributed by atoms with Crippen LogP contribution in [-0.2, 0) is 11.2 Å². The summed E-state index contributed by atoms with van der Waals surface area (Å²) in [6.07, 6.45) is 2.10. The minimum Gasteiger partial charge on any atom is -0.463 e. The molecule has 0 unspecified atom stereocenters. The van der Waals surface area contributed by atoms with E-state index in [0.717, 1.165) is 5.69 Å². The lowest BCUT2D eigenvalue weighted by Gasteiger charge is -2.00. The van der Waals surface area contributed by atoms with Crippen LogP contribution in [0.25, 0.3) is 0 Å². The maximum Gasteiger partial charge on any atom is 0.267 e. The molecule has 0 fully saturated rings. The Bertz CT molecular complexity index is 664. The molecular formula is C13H16N4O3. The summed E-state index contributed by atoms with van der Waals surface area (Å²) in [6.45, 7) is 3.52. The number of aromatic amines is 2. The fourth-order valence-corrected chi connectivity index (χ4v) is 1.75. The monoisotopic (exact) mass is 276 g/mol. The predicted molar refractivity (Wildman–Crippen MR) is 73.5 cm³/mol. The number of hydrazone groups is 1. The first kappa shape index (κ1) is 13.9. The molecule has 1 amide bonds. The normalized spacial score (nSPS) is 11.6. The Labute approximate surface area is 115 Å². The Morgan fingerprint density at radius 3 is 2.85 bits per heavy atom. The van der Waals surface area contributed by atoms with Crippen LogP contribution in [0.4, 0.5) is 0 Å². The van der Waals surface area contributed by atoms with E-state index in [0.29, 0.717) is 23.5 Å². The molecule has 2 heterocycles. The molecule has 106 valence electrons. The number of nitrogens with zero attached hydrogens (tertiary/aromatic N) is 1. The maximum absolute atomic E-state index is 11.7. The van der Waals surface area contributed by atoms with Crippen molar-refractivity contribution in [3.8, 4) is 0 Å². The van der Waals surface area contributed by atoms with Crippen LogP contribution in [0.1, 0.15) is 30.4 Å². The lowest BCUT2D eigenvalue weighted by molar-refractivity contribution is -0.121. The second kappa shape index (κ2) is 6.05. The molecule has 2 aromatic rings. The number of hydrogen-bond donors (Lipinski definition) is 3. The number of rotatable bonds is 5. The molecule has 0 saturated heterocycles. The summed E-state index contributed by atoms with van der Waals surface area (Å²) in [5.74, 6) is 0.346. The summed E-state index contributed by atoms with van der Waals surface area (Å²) >= 11 is 0. The van der Waals surface area contributed by atoms with Gasteiger partial charge in [0.15, 0.2) is 0 Å². The van der Waals surface area contributed by atoms with E-state index in [1.54, 1.807) is 26.0 Å². The van der Waals surface area contributed by atoms with Crippen molar-refractivity contribution in [2.24, 2.45) is 5.10 Å². The fourth-order valence-electron chi connectivity index (χ4n) is 1.75. The molecule has 0 saturated carbocycles. The van der Waals surface area contributed by atoms with Gasteiger partial charge in [-0.1, -0.05) is 0 Å². The van der Waals surface area contributed by atoms with Gasteiger partial charge < -0.3 is 9.52 Å². The number of carbonyl (C=O) groups excluding carboxylic acids is 1. The Balaban J connectivity index is 1.88. The topological polar surface area (TPSA) is 103 Å². The quantitative estimate of drug-likeness (QED) is 0.562. The second-order valence-electron chi connectivity index (χ2n) is 4.39. The van der Waals surface area contributed by atoms with Gasteiger partial charge >= 0.3 is 0 Å². The van der Waals surface area contributed by atoms with Gasteiger partial charge in [-0.25, -0.2) is 5.43 Å². The van der Waals surface area contributed by atoms with Gasteiger partial charge in [0.25, 0.3) is 5.56 Å². The first-order chi connectivity index (χ1) is 9.58. The van der Waals surface area contributed by atoms with E-state index in [1.165, 1.54) is 6.26 Å². The molecule has 0 radical (unpaired) electrons. The number of furan rings is 1. The van der Waals surface area contributed by atoms with Gasteiger partial charge in [-0.3, -0.25) is 14.7 Å². The highest BCUT2D eigenvalue weighted by molar-refractivity contribution is 5.96. The van der Waals surface area contributed by atoms with E-state index < -0.39 is 0 Å². The average molecular weight is 276 g/mol. The molecule has 2 rings (SSSR count). The first-order valence-electron chi connectivity index (χ1n) is 6.21. The molecule has 0 spiro atoms. The third-order valence-electron chi connectivity index (χ3n) is 2.92. The van der Waals surface area contributed by atoms with Gasteiger partial charge in [0, 0.05) is 17.7 Å². The molecule has 20 heavy (non-hydrogen) atoms. The Morgan fingerprint density at radius 2 is 2.25 bits per heavy atom. The van der Waals surface area contributed by atoms with Crippen LogP contribution < -0.4 is 11.0 Å². The van der Waals surface area contributed by atoms with Crippen LogP contribution in [0.15, 0.2) is 32.7 Å². The van der Waals surface area contributed by atoms with Gasteiger partial charge in [-0.05, 0) is 32.4 Å². The molecule has 0 atom stereocenters. The standard InChI is InChI=1S/C13H16N4O3/c1-8-10(13(19)17-14-8)5-6-12(18)16-15-9(2)11-4-3-7-20-11/h3-4,7H,5-6H2,1-2H3,(H,16,18)(H2,14,17,19)/b15-9+. The zero-order valence-corrected chi connectivity index (χ0v) is 11.3. The molecule has 0 aromatic carbocycles. The number of carbonyl (C=O) groups is 1.